The predicted molar refractivity (Wildman–Crippen MR) is 119 cm³/mol. The first-order valence-electron chi connectivity index (χ1n) is 9.76. The molecule has 3 N–H and O–H groups in total. The number of pyridine rings is 1. The number of benzene rings is 1. The van der Waals surface area contributed by atoms with Gasteiger partial charge >= 0.3 is 0 Å². The van der Waals surface area contributed by atoms with Crippen LogP contribution in [-0.4, -0.2) is 46.8 Å². The molecule has 0 aliphatic carbocycles. The molecule has 31 heavy (non-hydrogen) atoms. The number of hydrogen-bond acceptors (Lipinski definition) is 6. The molecular weight excluding hydrogens is 420 g/mol. The van der Waals surface area contributed by atoms with E-state index in [-0.39, 0.29) is 31.0 Å². The molecule has 0 fully saturated rings. The number of aryl methyl sites for hydroxylation is 1. The summed E-state index contributed by atoms with van der Waals surface area (Å²) in [5, 5.41) is 18.0. The fourth-order valence-corrected chi connectivity index (χ4v) is 3.76. The summed E-state index contributed by atoms with van der Waals surface area (Å²) in [6.07, 6.45) is 6.12. The predicted octanol–water partition coefficient (Wildman–Crippen LogP) is 1.86. The number of nitrogens with zero attached hydrogens (tertiary/aromatic N) is 1. The van der Waals surface area contributed by atoms with E-state index in [1.807, 2.05) is 43.3 Å². The lowest BCUT2D eigenvalue weighted by molar-refractivity contribution is -0.131. The van der Waals surface area contributed by atoms with Crippen LogP contribution in [0.1, 0.15) is 25.8 Å². The van der Waals surface area contributed by atoms with Gasteiger partial charge in [-0.15, -0.1) is 0 Å². The van der Waals surface area contributed by atoms with E-state index in [1.54, 1.807) is 12.3 Å². The van der Waals surface area contributed by atoms with Crippen LogP contribution in [0.4, 0.5) is 0 Å². The van der Waals surface area contributed by atoms with Gasteiger partial charge in [0.15, 0.2) is 14.6 Å². The van der Waals surface area contributed by atoms with Crippen molar-refractivity contribution in [3.8, 4) is 11.1 Å². The largest absolute Gasteiger partial charge is 0.396 e. The van der Waals surface area contributed by atoms with Gasteiger partial charge in [-0.25, -0.2) is 13.9 Å². The highest BCUT2D eigenvalue weighted by atomic mass is 32.2. The molecule has 2 atom stereocenters. The molecule has 8 nitrogen and oxygen atoms in total. The quantitative estimate of drug-likeness (QED) is 0.397. The van der Waals surface area contributed by atoms with E-state index in [0.29, 0.717) is 5.56 Å². The van der Waals surface area contributed by atoms with Crippen LogP contribution in [-0.2, 0) is 21.2 Å². The zero-order valence-corrected chi connectivity index (χ0v) is 18.6. The summed E-state index contributed by atoms with van der Waals surface area (Å²) in [7, 11) is -3.83. The lowest BCUT2D eigenvalue weighted by Gasteiger charge is -2.25. The molecule has 0 bridgehead atoms. The van der Waals surface area contributed by atoms with E-state index in [9.17, 15) is 18.0 Å². The fourth-order valence-electron chi connectivity index (χ4n) is 2.91. The minimum absolute atomic E-state index is 0.0110. The molecule has 1 aromatic carbocycles. The Hall–Kier alpha value is -2.75. The Morgan fingerprint density at radius 1 is 1.23 bits per heavy atom. The smallest absolute Gasteiger partial charge is 0.264 e. The van der Waals surface area contributed by atoms with Gasteiger partial charge in [-0.3, -0.25) is 14.8 Å². The number of carbonyl (C=O) groups is 1. The van der Waals surface area contributed by atoms with Crippen LogP contribution in [0, 0.1) is 5.92 Å². The van der Waals surface area contributed by atoms with E-state index in [2.05, 4.69) is 0 Å². The lowest BCUT2D eigenvalue weighted by Crippen LogP contribution is -2.49. The Morgan fingerprint density at radius 2 is 1.87 bits per heavy atom. The first kappa shape index (κ1) is 24.5. The second-order valence-corrected chi connectivity index (χ2v) is 10.2. The Bertz CT molecular complexity index is 1110. The fraction of sp³-hybridized carbons (Fsp3) is 0.364. The minimum Gasteiger partial charge on any atom is -0.396 e. The van der Waals surface area contributed by atoms with Crippen LogP contribution in [0.25, 0.3) is 17.2 Å². The molecule has 168 valence electrons. The van der Waals surface area contributed by atoms with Crippen LogP contribution in [0.15, 0.2) is 53.5 Å². The normalized spacial score (nSPS) is 14.9. The molecule has 9 heteroatoms. The summed E-state index contributed by atoms with van der Waals surface area (Å²) in [6, 6.07) is 10.8. The van der Waals surface area contributed by atoms with Gasteiger partial charge in [0.1, 0.15) is 0 Å². The van der Waals surface area contributed by atoms with Crippen LogP contribution < -0.4 is 11.0 Å². The average molecular weight is 449 g/mol. The number of sulfone groups is 1. The summed E-state index contributed by atoms with van der Waals surface area (Å²) >= 11 is 0. The zero-order chi connectivity index (χ0) is 23.2. The van der Waals surface area contributed by atoms with Crippen molar-refractivity contribution in [2.24, 2.45) is 5.92 Å². The van der Waals surface area contributed by atoms with Crippen molar-refractivity contribution in [2.45, 2.75) is 31.6 Å². The van der Waals surface area contributed by atoms with Gasteiger partial charge in [-0.1, -0.05) is 43.3 Å². The highest BCUT2D eigenvalue weighted by molar-refractivity contribution is 7.92. The SMILES string of the molecule is CC(/C=C/c1ccc(-c2ccn(CCC(C)(C(=O)NO)S(C)(=O)=O)c(=O)c2)cc1)CO. The lowest BCUT2D eigenvalue weighted by atomic mass is 10.0. The van der Waals surface area contributed by atoms with Gasteiger partial charge in [0, 0.05) is 31.7 Å². The maximum atomic E-state index is 12.5. The number of aliphatic hydroxyl groups is 1. The first-order chi connectivity index (χ1) is 14.5. The van der Waals surface area contributed by atoms with E-state index in [4.69, 9.17) is 10.3 Å². The average Bonchev–Trinajstić information content (AvgIpc) is 2.75. The zero-order valence-electron chi connectivity index (χ0n) is 17.8. The summed E-state index contributed by atoms with van der Waals surface area (Å²) in [6.45, 7) is 3.20. The van der Waals surface area contributed by atoms with Crippen LogP contribution in [0.3, 0.4) is 0 Å². The summed E-state index contributed by atoms with van der Waals surface area (Å²) < 4.78 is 23.6. The molecular formula is C22H28N2O6S. The molecule has 2 unspecified atom stereocenters. The summed E-state index contributed by atoms with van der Waals surface area (Å²) in [4.78, 5) is 24.4. The molecule has 2 aromatic rings. The maximum Gasteiger partial charge on any atom is 0.264 e. The molecule has 0 spiro atoms. The van der Waals surface area contributed by atoms with Gasteiger partial charge in [-0.05, 0) is 42.0 Å². The van der Waals surface area contributed by atoms with Crippen molar-refractivity contribution in [1.29, 1.82) is 0 Å². The molecule has 0 saturated heterocycles. The van der Waals surface area contributed by atoms with E-state index >= 15 is 0 Å². The third kappa shape index (κ3) is 5.90. The number of hydrogen-bond donors (Lipinski definition) is 3. The van der Waals surface area contributed by atoms with Crippen LogP contribution >= 0.6 is 0 Å². The van der Waals surface area contributed by atoms with Gasteiger partial charge < -0.3 is 9.67 Å². The summed E-state index contributed by atoms with van der Waals surface area (Å²) in [5.74, 6) is -0.970. The molecule has 2 rings (SSSR count). The topological polar surface area (TPSA) is 126 Å². The molecule has 0 aliphatic heterocycles. The molecule has 0 saturated carbocycles. The van der Waals surface area contributed by atoms with Gasteiger partial charge in [0.25, 0.3) is 11.5 Å². The minimum atomic E-state index is -3.83. The van der Waals surface area contributed by atoms with Crippen LogP contribution in [0.5, 0.6) is 0 Å². The molecule has 0 aliphatic rings. The summed E-state index contributed by atoms with van der Waals surface area (Å²) in [5.41, 5.74) is 3.58. The second kappa shape index (κ2) is 10.0. The van der Waals surface area contributed by atoms with E-state index < -0.39 is 20.5 Å². The number of aromatic nitrogens is 1. The van der Waals surface area contributed by atoms with Crippen molar-refractivity contribution in [2.75, 3.05) is 12.9 Å². The van der Waals surface area contributed by atoms with E-state index in [1.165, 1.54) is 23.0 Å². The highest BCUT2D eigenvalue weighted by Gasteiger charge is 2.43. The Balaban J connectivity index is 2.19. The second-order valence-electron chi connectivity index (χ2n) is 7.78. The Kier molecular flexibility index (Phi) is 7.94. The Labute approximate surface area is 181 Å². The number of rotatable bonds is 9. The number of aliphatic hydroxyl groups excluding tert-OH is 1. The van der Waals surface area contributed by atoms with Gasteiger partial charge in [0.2, 0.25) is 0 Å². The Morgan fingerprint density at radius 3 is 2.39 bits per heavy atom. The van der Waals surface area contributed by atoms with Crippen LogP contribution in [0.2, 0.25) is 0 Å². The number of amides is 1. The van der Waals surface area contributed by atoms with Crippen molar-refractivity contribution in [3.05, 3.63) is 64.6 Å². The number of carbonyl (C=O) groups excluding carboxylic acids is 1. The van der Waals surface area contributed by atoms with Crippen molar-refractivity contribution in [3.63, 3.8) is 0 Å². The third-order valence-electron chi connectivity index (χ3n) is 5.38. The highest BCUT2D eigenvalue weighted by Crippen LogP contribution is 2.23. The molecule has 0 radical (unpaired) electrons. The maximum absolute atomic E-state index is 12.5. The van der Waals surface area contributed by atoms with Crippen molar-refractivity contribution < 1.29 is 23.5 Å². The van der Waals surface area contributed by atoms with E-state index in [0.717, 1.165) is 17.4 Å². The monoisotopic (exact) mass is 448 g/mol. The standard InChI is InChI=1S/C22H28N2O6S/c1-16(15-25)4-5-17-6-8-18(9-7-17)19-10-12-24(20(26)14-19)13-11-22(2,21(27)23-28)31(3,29)30/h4-10,12,14,16,25,28H,11,13,15H2,1-3H3,(H,23,27)/b5-4+. The number of hydroxylamine groups is 1. The third-order valence-corrected chi connectivity index (χ3v) is 7.40. The molecule has 1 aromatic heterocycles. The van der Waals surface area contributed by atoms with Gasteiger partial charge in [0.05, 0.1) is 0 Å². The van der Waals surface area contributed by atoms with Crippen molar-refractivity contribution in [1.82, 2.24) is 10.0 Å². The molecule has 1 heterocycles. The number of nitrogens with one attached hydrogen (secondary N) is 1. The molecule has 1 amide bonds. The van der Waals surface area contributed by atoms with Crippen molar-refractivity contribution >= 4 is 21.8 Å². The first-order valence-corrected chi connectivity index (χ1v) is 11.6. The van der Waals surface area contributed by atoms with Gasteiger partial charge in [-0.2, -0.15) is 0 Å².